The molecular weight excluding hydrogens is 208 g/mol. The van der Waals surface area contributed by atoms with Crippen LogP contribution in [0.5, 0.6) is 0 Å². The molecule has 16 heavy (non-hydrogen) atoms. The van der Waals surface area contributed by atoms with Crippen molar-refractivity contribution in [1.29, 1.82) is 0 Å². The Kier molecular flexibility index (Phi) is 2.55. The molecule has 0 aromatic carbocycles. The molecule has 1 unspecified atom stereocenters. The lowest BCUT2D eigenvalue weighted by molar-refractivity contribution is -0.237. The second-order valence-electron chi connectivity index (χ2n) is 4.66. The summed E-state index contributed by atoms with van der Waals surface area (Å²) in [5, 5.41) is 0. The van der Waals surface area contributed by atoms with E-state index in [1.54, 1.807) is 14.2 Å². The lowest BCUT2D eigenvalue weighted by Crippen LogP contribution is -2.41. The van der Waals surface area contributed by atoms with E-state index in [0.717, 1.165) is 6.42 Å². The van der Waals surface area contributed by atoms with Gasteiger partial charge in [-0.15, -0.1) is 0 Å². The molecule has 1 saturated carbocycles. The van der Waals surface area contributed by atoms with Crippen LogP contribution >= 0.6 is 0 Å². The van der Waals surface area contributed by atoms with Crippen molar-refractivity contribution in [3.05, 3.63) is 12.2 Å². The molecule has 0 amide bonds. The first-order valence-electron chi connectivity index (χ1n) is 5.83. The summed E-state index contributed by atoms with van der Waals surface area (Å²) in [6.07, 6.45) is 5.33. The second kappa shape index (κ2) is 3.81. The smallest absolute Gasteiger partial charge is 0.180 e. The highest BCUT2D eigenvalue weighted by Crippen LogP contribution is 2.55. The normalized spacial score (nSPS) is 41.0. The van der Waals surface area contributed by atoms with Gasteiger partial charge in [0.25, 0.3) is 0 Å². The molecule has 3 aliphatic rings. The standard InChI is InChI=1S/C12H18O4/c1-13-12(14-2)8-3-4-10(12)9(7-8)11-15-5-6-16-11/h3-4,8-11H,5-7H2,1-2H3/t8-,9?,10+/m1/s1. The molecule has 4 heteroatoms. The minimum absolute atomic E-state index is 0.0791. The molecule has 3 rings (SSSR count). The molecule has 1 aliphatic heterocycles. The summed E-state index contributed by atoms with van der Waals surface area (Å²) in [4.78, 5) is 0. The molecule has 4 nitrogen and oxygen atoms in total. The van der Waals surface area contributed by atoms with Gasteiger partial charge in [0.05, 0.1) is 13.2 Å². The summed E-state index contributed by atoms with van der Waals surface area (Å²) in [7, 11) is 3.44. The lowest BCUT2D eigenvalue weighted by atomic mass is 9.92. The fraction of sp³-hybridized carbons (Fsp3) is 0.833. The number of ether oxygens (including phenoxy) is 4. The number of hydrogen-bond acceptors (Lipinski definition) is 4. The van der Waals surface area contributed by atoms with E-state index in [4.69, 9.17) is 18.9 Å². The molecule has 1 saturated heterocycles. The molecule has 2 fully saturated rings. The Hall–Kier alpha value is -0.420. The van der Waals surface area contributed by atoms with Crippen LogP contribution in [0.15, 0.2) is 12.2 Å². The predicted molar refractivity (Wildman–Crippen MR) is 56.7 cm³/mol. The topological polar surface area (TPSA) is 36.9 Å². The van der Waals surface area contributed by atoms with Crippen molar-refractivity contribution in [3.63, 3.8) is 0 Å². The van der Waals surface area contributed by atoms with Crippen molar-refractivity contribution in [2.45, 2.75) is 18.5 Å². The molecule has 1 heterocycles. The average Bonchev–Trinajstić information content (AvgIpc) is 3.03. The average molecular weight is 226 g/mol. The summed E-state index contributed by atoms with van der Waals surface area (Å²) in [6.45, 7) is 1.41. The summed E-state index contributed by atoms with van der Waals surface area (Å²) in [6, 6.07) is 0. The van der Waals surface area contributed by atoms with Crippen LogP contribution in [0.4, 0.5) is 0 Å². The van der Waals surface area contributed by atoms with Gasteiger partial charge in [-0.05, 0) is 6.42 Å². The number of hydrogen-bond donors (Lipinski definition) is 0. The quantitative estimate of drug-likeness (QED) is 0.535. The molecule has 2 aliphatic carbocycles. The van der Waals surface area contributed by atoms with E-state index in [0.29, 0.717) is 25.0 Å². The van der Waals surface area contributed by atoms with Gasteiger partial charge in [0, 0.05) is 32.0 Å². The van der Waals surface area contributed by atoms with E-state index < -0.39 is 5.79 Å². The Bertz CT molecular complexity index is 291. The zero-order chi connectivity index (χ0) is 11.2. The summed E-state index contributed by atoms with van der Waals surface area (Å²) in [5.41, 5.74) is 0. The Morgan fingerprint density at radius 2 is 1.81 bits per heavy atom. The Balaban J connectivity index is 1.83. The van der Waals surface area contributed by atoms with E-state index in [1.807, 2.05) is 0 Å². The minimum atomic E-state index is -0.486. The zero-order valence-electron chi connectivity index (χ0n) is 9.72. The number of rotatable bonds is 3. The van der Waals surface area contributed by atoms with Crippen LogP contribution < -0.4 is 0 Å². The van der Waals surface area contributed by atoms with Crippen LogP contribution in [0.25, 0.3) is 0 Å². The van der Waals surface area contributed by atoms with Crippen LogP contribution in [0.2, 0.25) is 0 Å². The van der Waals surface area contributed by atoms with E-state index in [1.165, 1.54) is 0 Å². The van der Waals surface area contributed by atoms with Crippen LogP contribution in [0.1, 0.15) is 6.42 Å². The second-order valence-corrected chi connectivity index (χ2v) is 4.66. The maximum Gasteiger partial charge on any atom is 0.180 e. The third kappa shape index (κ3) is 1.24. The SMILES string of the molecule is COC1(OC)[C@@H]2C=C[C@H]1C(C1OCCO1)C2. The molecule has 90 valence electrons. The van der Waals surface area contributed by atoms with Gasteiger partial charge in [-0.2, -0.15) is 0 Å². The van der Waals surface area contributed by atoms with Crippen LogP contribution in [-0.2, 0) is 18.9 Å². The monoisotopic (exact) mass is 226 g/mol. The fourth-order valence-corrected chi connectivity index (χ4v) is 3.46. The molecule has 0 radical (unpaired) electrons. The van der Waals surface area contributed by atoms with Crippen LogP contribution in [-0.4, -0.2) is 39.5 Å². The Morgan fingerprint density at radius 1 is 1.12 bits per heavy atom. The van der Waals surface area contributed by atoms with Gasteiger partial charge in [0.1, 0.15) is 0 Å². The van der Waals surface area contributed by atoms with Crippen molar-refractivity contribution in [3.8, 4) is 0 Å². The van der Waals surface area contributed by atoms with Crippen molar-refractivity contribution < 1.29 is 18.9 Å². The predicted octanol–water partition coefficient (Wildman–Crippen LogP) is 1.17. The molecule has 2 bridgehead atoms. The highest BCUT2D eigenvalue weighted by molar-refractivity contribution is 5.20. The minimum Gasteiger partial charge on any atom is -0.352 e. The lowest BCUT2D eigenvalue weighted by Gasteiger charge is -2.33. The summed E-state index contributed by atoms with van der Waals surface area (Å²) >= 11 is 0. The first-order valence-corrected chi connectivity index (χ1v) is 5.83. The molecule has 3 atom stereocenters. The van der Waals surface area contributed by atoms with Crippen LogP contribution in [0, 0.1) is 17.8 Å². The summed E-state index contributed by atoms with van der Waals surface area (Å²) < 4.78 is 22.5. The first-order chi connectivity index (χ1) is 7.81. The maximum atomic E-state index is 5.63. The number of fused-ring (bicyclic) bond motifs is 2. The molecule has 0 N–H and O–H groups in total. The van der Waals surface area contributed by atoms with Gasteiger partial charge < -0.3 is 18.9 Å². The van der Waals surface area contributed by atoms with Gasteiger partial charge in [-0.3, -0.25) is 0 Å². The van der Waals surface area contributed by atoms with Gasteiger partial charge >= 0.3 is 0 Å². The largest absolute Gasteiger partial charge is 0.352 e. The third-order valence-electron chi connectivity index (χ3n) is 4.15. The van der Waals surface area contributed by atoms with Gasteiger partial charge in [-0.25, -0.2) is 0 Å². The molecule has 0 aromatic rings. The third-order valence-corrected chi connectivity index (χ3v) is 4.15. The van der Waals surface area contributed by atoms with Gasteiger partial charge in [0.2, 0.25) is 0 Å². The molecule has 0 aromatic heterocycles. The Labute approximate surface area is 95.5 Å². The Morgan fingerprint density at radius 3 is 2.38 bits per heavy atom. The van der Waals surface area contributed by atoms with E-state index in [9.17, 15) is 0 Å². The first kappa shape index (κ1) is 10.7. The van der Waals surface area contributed by atoms with Crippen molar-refractivity contribution in [2.75, 3.05) is 27.4 Å². The van der Waals surface area contributed by atoms with Gasteiger partial charge in [0.15, 0.2) is 12.1 Å². The van der Waals surface area contributed by atoms with Crippen molar-refractivity contribution in [1.82, 2.24) is 0 Å². The van der Waals surface area contributed by atoms with E-state index >= 15 is 0 Å². The van der Waals surface area contributed by atoms with Crippen molar-refractivity contribution >= 4 is 0 Å². The van der Waals surface area contributed by atoms with Crippen molar-refractivity contribution in [2.24, 2.45) is 17.8 Å². The van der Waals surface area contributed by atoms with E-state index in [-0.39, 0.29) is 12.2 Å². The van der Waals surface area contributed by atoms with Crippen LogP contribution in [0.3, 0.4) is 0 Å². The highest BCUT2D eigenvalue weighted by atomic mass is 16.7. The molecule has 0 spiro atoms. The molecular formula is C12H18O4. The van der Waals surface area contributed by atoms with Gasteiger partial charge in [-0.1, -0.05) is 12.2 Å². The fourth-order valence-electron chi connectivity index (χ4n) is 3.46. The zero-order valence-corrected chi connectivity index (χ0v) is 9.72. The van der Waals surface area contributed by atoms with E-state index in [2.05, 4.69) is 12.2 Å². The number of methoxy groups -OCH3 is 2. The summed E-state index contributed by atoms with van der Waals surface area (Å²) in [5.74, 6) is 0.443. The maximum absolute atomic E-state index is 5.63. The highest BCUT2D eigenvalue weighted by Gasteiger charge is 2.60.